The van der Waals surface area contributed by atoms with Gasteiger partial charge < -0.3 is 24.6 Å². The first-order valence-electron chi connectivity index (χ1n) is 13.7. The number of aliphatic carboxylic acids is 1. The second kappa shape index (κ2) is 16.1. The predicted octanol–water partition coefficient (Wildman–Crippen LogP) is 3.98. The van der Waals surface area contributed by atoms with Crippen molar-refractivity contribution < 1.29 is 49.3 Å². The Labute approximate surface area is 244 Å². The zero-order valence-corrected chi connectivity index (χ0v) is 23.7. The molecule has 0 aliphatic carbocycles. The molecule has 11 heteroatoms. The van der Waals surface area contributed by atoms with Gasteiger partial charge in [-0.1, -0.05) is 50.8 Å². The molecule has 0 bridgehead atoms. The van der Waals surface area contributed by atoms with E-state index in [2.05, 4.69) is 12.2 Å². The highest BCUT2D eigenvalue weighted by molar-refractivity contribution is 5.99. The smallest absolute Gasteiger partial charge is 0.343 e. The van der Waals surface area contributed by atoms with E-state index in [1.807, 2.05) is 0 Å². The summed E-state index contributed by atoms with van der Waals surface area (Å²) < 4.78 is 16.6. The van der Waals surface area contributed by atoms with Gasteiger partial charge in [0.05, 0.1) is 19.3 Å². The lowest BCUT2D eigenvalue weighted by molar-refractivity contribution is -1.19. The van der Waals surface area contributed by atoms with Crippen LogP contribution in [0.1, 0.15) is 65.3 Å². The van der Waals surface area contributed by atoms with Crippen LogP contribution in [0, 0.1) is 0 Å². The van der Waals surface area contributed by atoms with Crippen LogP contribution in [0.4, 0.5) is 5.69 Å². The first kappa shape index (κ1) is 32.1. The van der Waals surface area contributed by atoms with Gasteiger partial charge in [0.1, 0.15) is 17.4 Å². The maximum absolute atomic E-state index is 12.8. The molecule has 0 aliphatic heterocycles. The largest absolute Gasteiger partial charge is 0.494 e. The van der Waals surface area contributed by atoms with Gasteiger partial charge in [-0.15, -0.1) is 0 Å². The first-order chi connectivity index (χ1) is 20.2. The van der Waals surface area contributed by atoms with Crippen molar-refractivity contribution in [3.8, 4) is 17.2 Å². The first-order valence-corrected chi connectivity index (χ1v) is 13.7. The molecule has 3 aromatic carbocycles. The van der Waals surface area contributed by atoms with Gasteiger partial charge in [0, 0.05) is 12.5 Å². The molecule has 3 aromatic rings. The minimum atomic E-state index is -1.35. The van der Waals surface area contributed by atoms with Crippen LogP contribution in [0.2, 0.25) is 0 Å². The van der Waals surface area contributed by atoms with Crippen molar-refractivity contribution in [1.82, 2.24) is 5.32 Å². The number of carbonyl (C=O) groups is 3. The van der Waals surface area contributed by atoms with Gasteiger partial charge >= 0.3 is 11.9 Å². The summed E-state index contributed by atoms with van der Waals surface area (Å²) in [5.74, 6) is -1.69. The number of para-hydroxylation sites is 1. The van der Waals surface area contributed by atoms with E-state index in [9.17, 15) is 29.9 Å². The van der Waals surface area contributed by atoms with Gasteiger partial charge in [0.15, 0.2) is 11.5 Å². The molecule has 1 atom stereocenters. The van der Waals surface area contributed by atoms with Gasteiger partial charge in [0.2, 0.25) is 5.69 Å². The number of benzene rings is 3. The summed E-state index contributed by atoms with van der Waals surface area (Å²) in [4.78, 5) is 37.4. The van der Waals surface area contributed by atoms with Gasteiger partial charge in [-0.25, -0.2) is 9.59 Å². The zero-order chi connectivity index (χ0) is 30.5. The van der Waals surface area contributed by atoms with E-state index in [4.69, 9.17) is 14.2 Å². The lowest BCUT2D eigenvalue weighted by atomic mass is 10.0. The number of carboxylic acids is 1. The monoisotopic (exact) mass is 581 g/mol. The highest BCUT2D eigenvalue weighted by Gasteiger charge is 2.26. The molecule has 1 unspecified atom stereocenters. The number of unbranched alkanes of at least 4 members (excludes halogenated alkanes) is 4. The average Bonchev–Trinajstić information content (AvgIpc) is 2.99. The second-order valence-corrected chi connectivity index (χ2v) is 9.60. The summed E-state index contributed by atoms with van der Waals surface area (Å²) in [6.45, 7) is 2.78. The van der Waals surface area contributed by atoms with Gasteiger partial charge in [-0.2, -0.15) is 10.4 Å². The number of hydrogen-bond acceptors (Lipinski definition) is 8. The summed E-state index contributed by atoms with van der Waals surface area (Å²) >= 11 is 0. The minimum absolute atomic E-state index is 0.0920. The summed E-state index contributed by atoms with van der Waals surface area (Å²) in [5.41, 5.74) is 0.578. The molecular formula is C31H37N2O9+. The van der Waals surface area contributed by atoms with Crippen LogP contribution in [0.15, 0.2) is 66.7 Å². The van der Waals surface area contributed by atoms with E-state index < -0.39 is 29.1 Å². The molecule has 0 saturated heterocycles. The number of hydrogen-bond donors (Lipinski definition) is 5. The standard InChI is InChI=1S/C31H36N2O9/c1-3-4-5-6-9-18-41-23-15-13-22(14-16-23)31(37)42-27-17-12-21(20-28(27)40-2)19-25(30(35)36)32-29(34)24-10-7-8-11-26(24)33(38)39/h7-8,10-17,20,25,38-39H,3-6,9,18-19H2,1-2H3,(H,32,34)(H,35,36)/p+1. The third kappa shape index (κ3) is 9.30. The van der Waals surface area contributed by atoms with Crippen LogP contribution in [-0.4, -0.2) is 53.1 Å². The minimum Gasteiger partial charge on any atom is -0.494 e. The number of methoxy groups -OCH3 is 1. The third-order valence-electron chi connectivity index (χ3n) is 6.49. The number of rotatable bonds is 16. The number of esters is 1. The quantitative estimate of drug-likeness (QED) is 0.0731. The summed E-state index contributed by atoms with van der Waals surface area (Å²) in [6.07, 6.45) is 5.57. The molecular weight excluding hydrogens is 544 g/mol. The number of amides is 1. The van der Waals surface area contributed by atoms with Crippen molar-refractivity contribution in [3.63, 3.8) is 0 Å². The van der Waals surface area contributed by atoms with Crippen LogP contribution in [0.25, 0.3) is 0 Å². The zero-order valence-electron chi connectivity index (χ0n) is 23.7. The van der Waals surface area contributed by atoms with Gasteiger partial charge in [-0.05, 0) is 59.7 Å². The normalized spacial score (nSPS) is 11.5. The SMILES string of the molecule is CCCCCCCOc1ccc(C(=O)Oc2ccc(CC(NC(=O)c3ccccc3[NH+](O)O)C(=O)O)cc2OC)cc1. The van der Waals surface area contributed by atoms with E-state index in [0.29, 0.717) is 23.5 Å². The maximum atomic E-state index is 12.8. The highest BCUT2D eigenvalue weighted by atomic mass is 16.8. The van der Waals surface area contributed by atoms with Gasteiger partial charge in [0.25, 0.3) is 5.91 Å². The number of ether oxygens (including phenoxy) is 3. The Kier molecular flexibility index (Phi) is 12.3. The molecule has 0 aromatic heterocycles. The van der Waals surface area contributed by atoms with E-state index in [1.165, 1.54) is 62.8 Å². The fourth-order valence-electron chi connectivity index (χ4n) is 4.21. The van der Waals surface area contributed by atoms with Crippen LogP contribution >= 0.6 is 0 Å². The molecule has 42 heavy (non-hydrogen) atoms. The Morgan fingerprint density at radius 2 is 1.62 bits per heavy atom. The molecule has 5 N–H and O–H groups in total. The molecule has 0 aliphatic rings. The molecule has 0 saturated carbocycles. The van der Waals surface area contributed by atoms with Crippen molar-refractivity contribution in [3.05, 3.63) is 83.4 Å². The topological polar surface area (TPSA) is 156 Å². The third-order valence-corrected chi connectivity index (χ3v) is 6.49. The molecule has 0 radical (unpaired) electrons. The molecule has 224 valence electrons. The Bertz CT molecular complexity index is 1340. The molecule has 0 fully saturated rings. The Balaban J connectivity index is 1.62. The summed E-state index contributed by atoms with van der Waals surface area (Å²) in [5, 5.41) is 30.0. The number of quaternary nitrogens is 1. The molecule has 0 heterocycles. The molecule has 1 amide bonds. The van der Waals surface area contributed by atoms with Crippen molar-refractivity contribution in [2.45, 2.75) is 51.5 Å². The van der Waals surface area contributed by atoms with Crippen LogP contribution in [-0.2, 0) is 11.2 Å². The van der Waals surface area contributed by atoms with Crippen LogP contribution in [0.3, 0.4) is 0 Å². The second-order valence-electron chi connectivity index (χ2n) is 9.60. The van der Waals surface area contributed by atoms with E-state index in [1.54, 1.807) is 30.3 Å². The van der Waals surface area contributed by atoms with E-state index in [0.717, 1.165) is 12.8 Å². The predicted molar refractivity (Wildman–Crippen MR) is 152 cm³/mol. The molecule has 3 rings (SSSR count). The van der Waals surface area contributed by atoms with Gasteiger partial charge in [-0.3, -0.25) is 4.79 Å². The Morgan fingerprint density at radius 3 is 2.29 bits per heavy atom. The van der Waals surface area contributed by atoms with E-state index in [-0.39, 0.29) is 29.2 Å². The van der Waals surface area contributed by atoms with Crippen molar-refractivity contribution in [1.29, 1.82) is 0 Å². The number of carboxylic acid groups (broad SMARTS) is 1. The van der Waals surface area contributed by atoms with Crippen molar-refractivity contribution >= 4 is 23.5 Å². The highest BCUT2D eigenvalue weighted by Crippen LogP contribution is 2.29. The Hall–Kier alpha value is -4.45. The van der Waals surface area contributed by atoms with Crippen molar-refractivity contribution in [2.24, 2.45) is 0 Å². The lowest BCUT2D eigenvalue weighted by Gasteiger charge is -2.17. The van der Waals surface area contributed by atoms with Crippen LogP contribution < -0.4 is 24.8 Å². The fourth-order valence-corrected chi connectivity index (χ4v) is 4.21. The average molecular weight is 582 g/mol. The maximum Gasteiger partial charge on any atom is 0.343 e. The lowest BCUT2D eigenvalue weighted by Crippen LogP contribution is -3.02. The van der Waals surface area contributed by atoms with E-state index >= 15 is 0 Å². The number of nitrogens with one attached hydrogen (secondary N) is 2. The Morgan fingerprint density at radius 1 is 0.905 bits per heavy atom. The molecule has 11 nitrogen and oxygen atoms in total. The van der Waals surface area contributed by atoms with Crippen LogP contribution in [0.5, 0.6) is 17.2 Å². The molecule has 0 spiro atoms. The summed E-state index contributed by atoms with van der Waals surface area (Å²) in [7, 11) is 1.39. The fraction of sp³-hybridized carbons (Fsp3) is 0.323. The number of carbonyl (C=O) groups excluding carboxylic acids is 2. The van der Waals surface area contributed by atoms with Crippen molar-refractivity contribution in [2.75, 3.05) is 13.7 Å². The summed E-state index contributed by atoms with van der Waals surface area (Å²) in [6, 6.07) is 15.6.